The van der Waals surface area contributed by atoms with Crippen LogP contribution < -0.4 is 10.9 Å². The summed E-state index contributed by atoms with van der Waals surface area (Å²) < 4.78 is 28.1. The monoisotopic (exact) mass is 430 g/mol. The van der Waals surface area contributed by atoms with Crippen molar-refractivity contribution in [2.45, 2.75) is 17.7 Å². The van der Waals surface area contributed by atoms with Gasteiger partial charge in [-0.2, -0.15) is 4.31 Å². The topological polar surface area (TPSA) is 135 Å². The Kier molecular flexibility index (Phi) is 4.46. The number of fused-ring (bicyclic) bond motifs is 4. The largest absolute Gasteiger partial charge is 0.481 e. The summed E-state index contributed by atoms with van der Waals surface area (Å²) in [6.07, 6.45) is 1.79. The van der Waals surface area contributed by atoms with Gasteiger partial charge in [-0.15, -0.1) is 0 Å². The average Bonchev–Trinajstić information content (AvgIpc) is 3.41. The molecule has 2 aliphatic rings. The number of nitrogens with zero attached hydrogens (tertiary/aromatic N) is 1. The summed E-state index contributed by atoms with van der Waals surface area (Å²) >= 11 is 0. The number of rotatable bonds is 5. The van der Waals surface area contributed by atoms with Crippen molar-refractivity contribution in [2.24, 2.45) is 11.8 Å². The van der Waals surface area contributed by atoms with Crippen molar-refractivity contribution in [3.05, 3.63) is 40.3 Å². The van der Waals surface area contributed by atoms with E-state index in [1.807, 2.05) is 0 Å². The molecule has 0 spiro atoms. The molecule has 1 aromatic carbocycles. The summed E-state index contributed by atoms with van der Waals surface area (Å²) in [6.45, 7) is 2.69. The van der Waals surface area contributed by atoms with Crippen LogP contribution in [-0.2, 0) is 21.2 Å². The zero-order valence-corrected chi connectivity index (χ0v) is 17.0. The summed E-state index contributed by atoms with van der Waals surface area (Å²) in [5, 5.41) is 13.5. The van der Waals surface area contributed by atoms with Gasteiger partial charge in [-0.25, -0.2) is 8.42 Å². The molecular weight excluding hydrogens is 408 g/mol. The molecule has 0 amide bonds. The minimum atomic E-state index is -3.66. The zero-order chi connectivity index (χ0) is 21.0. The highest BCUT2D eigenvalue weighted by atomic mass is 32.2. The fourth-order valence-electron chi connectivity index (χ4n) is 4.73. The second-order valence-electron chi connectivity index (χ2n) is 8.12. The minimum Gasteiger partial charge on any atom is -0.481 e. The summed E-state index contributed by atoms with van der Waals surface area (Å²) in [6, 6.07) is 4.72. The predicted octanol–water partition coefficient (Wildman–Crippen LogP) is 0.866. The number of pyridine rings is 1. The number of benzene rings is 1. The van der Waals surface area contributed by atoms with Crippen LogP contribution in [0.3, 0.4) is 0 Å². The second-order valence-corrected chi connectivity index (χ2v) is 10.1. The van der Waals surface area contributed by atoms with Crippen molar-refractivity contribution in [3.63, 3.8) is 0 Å². The number of aromatic nitrogens is 2. The lowest BCUT2D eigenvalue weighted by Crippen LogP contribution is -2.32. The third kappa shape index (κ3) is 3.03. The van der Waals surface area contributed by atoms with Crippen LogP contribution >= 0.6 is 0 Å². The first kappa shape index (κ1) is 19.3. The van der Waals surface area contributed by atoms with Gasteiger partial charge in [0.25, 0.3) is 5.56 Å². The van der Waals surface area contributed by atoms with E-state index >= 15 is 0 Å². The van der Waals surface area contributed by atoms with E-state index in [1.165, 1.54) is 6.07 Å². The van der Waals surface area contributed by atoms with Gasteiger partial charge >= 0.3 is 5.97 Å². The fraction of sp³-hybridized carbons (Fsp3) is 0.400. The number of carbonyl (C=O) groups is 1. The SMILES string of the molecule is O=C(O)CCc1c[nH]c2c(=O)[nH]c3ccc(S(=O)(=O)N4CC5CNCC5C4)cc3c12. The number of aromatic amines is 2. The third-order valence-corrected chi connectivity index (χ3v) is 8.13. The maximum absolute atomic E-state index is 13.3. The van der Waals surface area contributed by atoms with E-state index in [1.54, 1.807) is 22.6 Å². The van der Waals surface area contributed by atoms with Crippen LogP contribution in [-0.4, -0.2) is 59.9 Å². The zero-order valence-electron chi connectivity index (χ0n) is 16.1. The predicted molar refractivity (Wildman–Crippen MR) is 111 cm³/mol. The molecule has 0 saturated carbocycles. The van der Waals surface area contributed by atoms with Crippen molar-refractivity contribution >= 4 is 37.8 Å². The molecule has 5 rings (SSSR count). The number of carboxylic acids is 1. The Morgan fingerprint density at radius 2 is 1.93 bits per heavy atom. The Morgan fingerprint density at radius 1 is 1.20 bits per heavy atom. The van der Waals surface area contributed by atoms with Gasteiger partial charge < -0.3 is 20.4 Å². The maximum atomic E-state index is 13.3. The number of nitrogens with one attached hydrogen (secondary N) is 3. The van der Waals surface area contributed by atoms with E-state index in [0.717, 1.165) is 13.1 Å². The molecule has 2 unspecified atom stereocenters. The lowest BCUT2D eigenvalue weighted by Gasteiger charge is -2.18. The number of aliphatic carboxylic acids is 1. The summed E-state index contributed by atoms with van der Waals surface area (Å²) in [4.78, 5) is 29.3. The standard InChI is InChI=1S/C20H22N4O5S/c25-17(26)4-1-11-8-22-19-18(11)15-5-14(2-3-16(15)23-20(19)27)30(28,29)24-9-12-6-21-7-13(12)10-24/h2-3,5,8,12-13,21-22H,1,4,6-7,9-10H2,(H,23,27)(H,25,26). The summed E-state index contributed by atoms with van der Waals surface area (Å²) in [5.41, 5.74) is 1.19. The molecule has 4 N–H and O–H groups in total. The summed E-state index contributed by atoms with van der Waals surface area (Å²) in [7, 11) is -3.66. The van der Waals surface area contributed by atoms with Crippen molar-refractivity contribution < 1.29 is 18.3 Å². The molecule has 158 valence electrons. The Labute approximate surface area is 172 Å². The highest BCUT2D eigenvalue weighted by Crippen LogP contribution is 2.33. The molecular formula is C20H22N4O5S. The highest BCUT2D eigenvalue weighted by Gasteiger charge is 2.41. The number of H-pyrrole nitrogens is 2. The first-order valence-corrected chi connectivity index (χ1v) is 11.4. The van der Waals surface area contributed by atoms with Gasteiger partial charge in [-0.1, -0.05) is 0 Å². The van der Waals surface area contributed by atoms with Gasteiger partial charge in [0.1, 0.15) is 5.52 Å². The first-order valence-electron chi connectivity index (χ1n) is 9.93. The normalized spacial score (nSPS) is 22.1. The fourth-order valence-corrected chi connectivity index (χ4v) is 6.31. The molecule has 9 nitrogen and oxygen atoms in total. The van der Waals surface area contributed by atoms with Gasteiger partial charge in [-0.3, -0.25) is 9.59 Å². The van der Waals surface area contributed by atoms with Crippen molar-refractivity contribution in [3.8, 4) is 0 Å². The number of hydrogen-bond donors (Lipinski definition) is 4. The smallest absolute Gasteiger partial charge is 0.303 e. The van der Waals surface area contributed by atoms with E-state index < -0.39 is 16.0 Å². The van der Waals surface area contributed by atoms with Gasteiger partial charge in [0.05, 0.1) is 4.90 Å². The molecule has 10 heteroatoms. The van der Waals surface area contributed by atoms with Gasteiger partial charge in [0.15, 0.2) is 0 Å². The number of hydrogen-bond acceptors (Lipinski definition) is 5. The van der Waals surface area contributed by atoms with Crippen molar-refractivity contribution in [1.82, 2.24) is 19.6 Å². The molecule has 4 heterocycles. The first-order chi connectivity index (χ1) is 14.3. The van der Waals surface area contributed by atoms with Crippen LogP contribution in [0.4, 0.5) is 0 Å². The number of sulfonamides is 1. The molecule has 0 bridgehead atoms. The molecule has 30 heavy (non-hydrogen) atoms. The van der Waals surface area contributed by atoms with E-state index in [-0.39, 0.29) is 23.3 Å². The molecule has 0 aliphatic carbocycles. The minimum absolute atomic E-state index is 0.0795. The number of aryl methyl sites for hydroxylation is 1. The van der Waals surface area contributed by atoms with Crippen LogP contribution in [0.5, 0.6) is 0 Å². The molecule has 2 aliphatic heterocycles. The van der Waals surface area contributed by atoms with E-state index in [2.05, 4.69) is 15.3 Å². The molecule has 2 fully saturated rings. The Bertz CT molecular complexity index is 1310. The molecule has 0 radical (unpaired) electrons. The molecule has 2 aromatic heterocycles. The van der Waals surface area contributed by atoms with Crippen LogP contribution in [0.1, 0.15) is 12.0 Å². The van der Waals surface area contributed by atoms with Crippen LogP contribution in [0, 0.1) is 11.8 Å². The lowest BCUT2D eigenvalue weighted by molar-refractivity contribution is -0.136. The van der Waals surface area contributed by atoms with E-state index in [0.29, 0.717) is 52.3 Å². The van der Waals surface area contributed by atoms with E-state index in [9.17, 15) is 18.0 Å². The average molecular weight is 430 g/mol. The Morgan fingerprint density at radius 3 is 2.63 bits per heavy atom. The van der Waals surface area contributed by atoms with Crippen molar-refractivity contribution in [2.75, 3.05) is 26.2 Å². The maximum Gasteiger partial charge on any atom is 0.303 e. The van der Waals surface area contributed by atoms with Crippen LogP contribution in [0.2, 0.25) is 0 Å². The third-order valence-electron chi connectivity index (χ3n) is 6.30. The van der Waals surface area contributed by atoms with Crippen LogP contribution in [0.15, 0.2) is 34.1 Å². The Hall–Kier alpha value is -2.69. The molecule has 2 atom stereocenters. The highest BCUT2D eigenvalue weighted by molar-refractivity contribution is 7.89. The van der Waals surface area contributed by atoms with Gasteiger partial charge in [0.2, 0.25) is 10.0 Å². The molecule has 2 saturated heterocycles. The number of carboxylic acid groups (broad SMARTS) is 1. The Balaban J connectivity index is 1.61. The summed E-state index contributed by atoms with van der Waals surface area (Å²) in [5.74, 6) is -0.248. The quantitative estimate of drug-likeness (QED) is 0.474. The molecule has 3 aromatic rings. The lowest BCUT2D eigenvalue weighted by atomic mass is 10.0. The van der Waals surface area contributed by atoms with Gasteiger partial charge in [0, 0.05) is 42.0 Å². The second kappa shape index (κ2) is 6.93. The van der Waals surface area contributed by atoms with E-state index in [4.69, 9.17) is 5.11 Å². The van der Waals surface area contributed by atoms with Gasteiger partial charge in [-0.05, 0) is 55.1 Å². The van der Waals surface area contributed by atoms with Crippen molar-refractivity contribution in [1.29, 1.82) is 0 Å². The van der Waals surface area contributed by atoms with Crippen LogP contribution in [0.25, 0.3) is 21.8 Å².